The Kier molecular flexibility index (Phi) is 6.24. The van der Waals surface area contributed by atoms with Gasteiger partial charge in [0.15, 0.2) is 0 Å². The Morgan fingerprint density at radius 2 is 1.96 bits per heavy atom. The third-order valence-electron chi connectivity index (χ3n) is 4.83. The van der Waals surface area contributed by atoms with Gasteiger partial charge in [-0.1, -0.05) is 42.5 Å². The lowest BCUT2D eigenvalue weighted by atomic mass is 9.99. The van der Waals surface area contributed by atoms with E-state index in [4.69, 9.17) is 4.74 Å². The summed E-state index contributed by atoms with van der Waals surface area (Å²) < 4.78 is 5.82. The van der Waals surface area contributed by atoms with Crippen molar-refractivity contribution >= 4 is 0 Å². The van der Waals surface area contributed by atoms with Crippen LogP contribution in [0.25, 0.3) is 11.1 Å². The fourth-order valence-electron chi connectivity index (χ4n) is 3.72. The molecule has 0 aliphatic carbocycles. The molecule has 3 nitrogen and oxygen atoms in total. The first-order valence-corrected chi connectivity index (χ1v) is 9.21. The molecule has 1 fully saturated rings. The molecule has 0 radical (unpaired) electrons. The van der Waals surface area contributed by atoms with Gasteiger partial charge in [-0.15, -0.1) is 0 Å². The third-order valence-corrected chi connectivity index (χ3v) is 4.83. The number of hydrogen-bond donors (Lipinski definition) is 0. The van der Waals surface area contributed by atoms with Gasteiger partial charge in [-0.3, -0.25) is 4.90 Å². The van der Waals surface area contributed by atoms with Gasteiger partial charge < -0.3 is 9.64 Å². The van der Waals surface area contributed by atoms with Crippen LogP contribution >= 0.6 is 0 Å². The maximum absolute atomic E-state index is 5.82. The second-order valence-corrected chi connectivity index (χ2v) is 7.45. The summed E-state index contributed by atoms with van der Waals surface area (Å²) in [6.07, 6.45) is 0. The van der Waals surface area contributed by atoms with Gasteiger partial charge >= 0.3 is 0 Å². The summed E-state index contributed by atoms with van der Waals surface area (Å²) in [6.45, 7) is 8.08. The molecule has 0 N–H and O–H groups in total. The van der Waals surface area contributed by atoms with Crippen LogP contribution in [0.5, 0.6) is 0 Å². The van der Waals surface area contributed by atoms with Crippen molar-refractivity contribution in [2.45, 2.75) is 13.5 Å². The van der Waals surface area contributed by atoms with Gasteiger partial charge in [0, 0.05) is 32.1 Å². The lowest BCUT2D eigenvalue weighted by Crippen LogP contribution is -2.34. The van der Waals surface area contributed by atoms with E-state index in [-0.39, 0.29) is 0 Å². The van der Waals surface area contributed by atoms with E-state index in [1.807, 2.05) is 0 Å². The third kappa shape index (κ3) is 5.15. The molecule has 1 aliphatic rings. The molecule has 25 heavy (non-hydrogen) atoms. The molecule has 3 heteroatoms. The Morgan fingerprint density at radius 3 is 2.76 bits per heavy atom. The Hall–Kier alpha value is -1.68. The van der Waals surface area contributed by atoms with Gasteiger partial charge in [0.05, 0.1) is 13.2 Å². The molecule has 2 aromatic rings. The van der Waals surface area contributed by atoms with Crippen LogP contribution in [0, 0.1) is 12.8 Å². The smallest absolute Gasteiger partial charge is 0.0593 e. The molecule has 2 aromatic carbocycles. The Balaban J connectivity index is 1.72. The lowest BCUT2D eigenvalue weighted by Gasteiger charge is -2.25. The second kappa shape index (κ2) is 8.61. The van der Waals surface area contributed by atoms with Gasteiger partial charge in [-0.05, 0) is 49.3 Å². The quantitative estimate of drug-likeness (QED) is 0.827. The van der Waals surface area contributed by atoms with Gasteiger partial charge in [0.1, 0.15) is 0 Å². The molecule has 3 rings (SSSR count). The van der Waals surface area contributed by atoms with Crippen molar-refractivity contribution in [3.8, 4) is 11.1 Å². The van der Waals surface area contributed by atoms with Crippen LogP contribution in [0.2, 0.25) is 0 Å². The van der Waals surface area contributed by atoms with Crippen LogP contribution in [-0.4, -0.2) is 56.7 Å². The van der Waals surface area contributed by atoms with Crippen molar-refractivity contribution in [1.82, 2.24) is 9.80 Å². The predicted octanol–water partition coefficient (Wildman–Crippen LogP) is 3.67. The molecule has 0 bridgehead atoms. The van der Waals surface area contributed by atoms with E-state index in [1.165, 1.54) is 22.3 Å². The highest BCUT2D eigenvalue weighted by molar-refractivity contribution is 5.67. The first kappa shape index (κ1) is 18.1. The summed E-state index contributed by atoms with van der Waals surface area (Å²) in [4.78, 5) is 4.80. The first-order chi connectivity index (χ1) is 12.1. The fourth-order valence-corrected chi connectivity index (χ4v) is 3.72. The van der Waals surface area contributed by atoms with E-state index in [9.17, 15) is 0 Å². The minimum absolute atomic E-state index is 0.581. The van der Waals surface area contributed by atoms with Crippen molar-refractivity contribution in [1.29, 1.82) is 0 Å². The molecule has 0 saturated carbocycles. The SMILES string of the molecule is Cc1ccccc1-c1cccc(CN2CCOC[C@H](CN(C)C)C2)c1. The van der Waals surface area contributed by atoms with E-state index in [0.29, 0.717) is 5.92 Å². The number of nitrogens with zero attached hydrogens (tertiary/aromatic N) is 2. The van der Waals surface area contributed by atoms with Crippen LogP contribution in [0.4, 0.5) is 0 Å². The summed E-state index contributed by atoms with van der Waals surface area (Å²) in [5.41, 5.74) is 5.35. The fraction of sp³-hybridized carbons (Fsp3) is 0.455. The zero-order valence-electron chi connectivity index (χ0n) is 15.7. The van der Waals surface area contributed by atoms with Crippen molar-refractivity contribution in [2.75, 3.05) is 46.9 Å². The lowest BCUT2D eigenvalue weighted by molar-refractivity contribution is 0.112. The standard InChI is InChI=1S/C22H30N2O/c1-18-7-4-5-10-22(18)21-9-6-8-19(13-21)15-24-11-12-25-17-20(16-24)14-23(2)3/h4-10,13,20H,11-12,14-17H2,1-3H3/t20-/m1/s1. The van der Waals surface area contributed by atoms with E-state index in [1.54, 1.807) is 0 Å². The minimum atomic E-state index is 0.581. The van der Waals surface area contributed by atoms with Gasteiger partial charge in [-0.25, -0.2) is 0 Å². The second-order valence-electron chi connectivity index (χ2n) is 7.45. The first-order valence-electron chi connectivity index (χ1n) is 9.21. The average molecular weight is 338 g/mol. The van der Waals surface area contributed by atoms with Crippen LogP contribution < -0.4 is 0 Å². The van der Waals surface area contributed by atoms with Crippen molar-refractivity contribution in [3.05, 3.63) is 59.7 Å². The van der Waals surface area contributed by atoms with Gasteiger partial charge in [0.25, 0.3) is 0 Å². The van der Waals surface area contributed by atoms with Crippen molar-refractivity contribution in [3.63, 3.8) is 0 Å². The molecule has 1 atom stereocenters. The summed E-state index contributed by atoms with van der Waals surface area (Å²) in [7, 11) is 4.28. The summed E-state index contributed by atoms with van der Waals surface area (Å²) in [5, 5.41) is 0. The molecule has 0 unspecified atom stereocenters. The zero-order valence-corrected chi connectivity index (χ0v) is 15.7. The van der Waals surface area contributed by atoms with E-state index in [2.05, 4.69) is 79.3 Å². The maximum atomic E-state index is 5.82. The Morgan fingerprint density at radius 1 is 1.12 bits per heavy atom. The monoisotopic (exact) mass is 338 g/mol. The maximum Gasteiger partial charge on any atom is 0.0593 e. The van der Waals surface area contributed by atoms with Gasteiger partial charge in [0.2, 0.25) is 0 Å². The summed E-state index contributed by atoms with van der Waals surface area (Å²) in [6, 6.07) is 17.6. The number of hydrogen-bond acceptors (Lipinski definition) is 3. The molecule has 1 saturated heterocycles. The van der Waals surface area contributed by atoms with E-state index in [0.717, 1.165) is 39.4 Å². The molecular weight excluding hydrogens is 308 g/mol. The van der Waals surface area contributed by atoms with Crippen LogP contribution in [0.1, 0.15) is 11.1 Å². The number of benzene rings is 2. The predicted molar refractivity (Wildman–Crippen MR) is 105 cm³/mol. The summed E-state index contributed by atoms with van der Waals surface area (Å²) >= 11 is 0. The number of aryl methyl sites for hydroxylation is 1. The molecule has 0 amide bonds. The molecule has 1 heterocycles. The molecule has 0 aromatic heterocycles. The van der Waals surface area contributed by atoms with Crippen molar-refractivity contribution < 1.29 is 4.74 Å². The topological polar surface area (TPSA) is 15.7 Å². The molecule has 134 valence electrons. The van der Waals surface area contributed by atoms with Crippen LogP contribution in [0.15, 0.2) is 48.5 Å². The summed E-state index contributed by atoms with van der Waals surface area (Å²) in [5.74, 6) is 0.581. The van der Waals surface area contributed by atoms with Gasteiger partial charge in [-0.2, -0.15) is 0 Å². The van der Waals surface area contributed by atoms with E-state index < -0.39 is 0 Å². The highest BCUT2D eigenvalue weighted by Crippen LogP contribution is 2.24. The molecular formula is C22H30N2O. The van der Waals surface area contributed by atoms with Crippen molar-refractivity contribution in [2.24, 2.45) is 5.92 Å². The normalized spacial score (nSPS) is 19.1. The largest absolute Gasteiger partial charge is 0.380 e. The highest BCUT2D eigenvalue weighted by Gasteiger charge is 2.19. The van der Waals surface area contributed by atoms with Crippen LogP contribution in [0.3, 0.4) is 0 Å². The molecule has 0 spiro atoms. The Labute approximate surface area is 152 Å². The van der Waals surface area contributed by atoms with Crippen LogP contribution in [-0.2, 0) is 11.3 Å². The molecule has 1 aliphatic heterocycles. The zero-order chi connectivity index (χ0) is 17.6. The minimum Gasteiger partial charge on any atom is -0.380 e. The number of rotatable bonds is 5. The highest BCUT2D eigenvalue weighted by atomic mass is 16.5. The van der Waals surface area contributed by atoms with E-state index >= 15 is 0 Å². The average Bonchev–Trinajstić information content (AvgIpc) is 2.80. The number of ether oxygens (including phenoxy) is 1. The Bertz CT molecular complexity index is 683.